The van der Waals surface area contributed by atoms with Gasteiger partial charge in [0.15, 0.2) is 5.82 Å². The summed E-state index contributed by atoms with van der Waals surface area (Å²) < 4.78 is 0. The maximum absolute atomic E-state index is 12.8. The number of hydrazone groups is 1. The Labute approximate surface area is 174 Å². The summed E-state index contributed by atoms with van der Waals surface area (Å²) in [5, 5.41) is 15.5. The Morgan fingerprint density at radius 2 is 1.80 bits per heavy atom. The van der Waals surface area contributed by atoms with E-state index in [2.05, 4.69) is 20.0 Å². The van der Waals surface area contributed by atoms with Crippen LogP contribution in [-0.4, -0.2) is 75.7 Å². The van der Waals surface area contributed by atoms with Crippen LogP contribution in [0.25, 0.3) is 11.4 Å². The molecule has 0 atom stereocenters. The van der Waals surface area contributed by atoms with Gasteiger partial charge in [-0.3, -0.25) is 9.59 Å². The zero-order chi connectivity index (χ0) is 21.3. The molecule has 30 heavy (non-hydrogen) atoms. The van der Waals surface area contributed by atoms with Gasteiger partial charge in [0.05, 0.1) is 5.56 Å². The van der Waals surface area contributed by atoms with E-state index in [4.69, 9.17) is 0 Å². The molecule has 1 aromatic heterocycles. The minimum absolute atomic E-state index is 0.0734. The van der Waals surface area contributed by atoms with E-state index in [0.29, 0.717) is 56.1 Å². The predicted molar refractivity (Wildman–Crippen MR) is 112 cm³/mol. The van der Waals surface area contributed by atoms with Crippen LogP contribution < -0.4 is 4.90 Å². The van der Waals surface area contributed by atoms with E-state index < -0.39 is 0 Å². The van der Waals surface area contributed by atoms with Gasteiger partial charge in [-0.15, -0.1) is 0 Å². The molecule has 1 N–H and O–H groups in total. The number of aromatic hydroxyl groups is 1. The van der Waals surface area contributed by atoms with Crippen molar-refractivity contribution in [2.24, 2.45) is 5.10 Å². The first-order valence-electron chi connectivity index (χ1n) is 9.94. The van der Waals surface area contributed by atoms with Crippen molar-refractivity contribution < 1.29 is 14.7 Å². The number of carbonyl (C=O) groups is 2. The van der Waals surface area contributed by atoms with Crippen LogP contribution in [0.5, 0.6) is 5.75 Å². The highest BCUT2D eigenvalue weighted by Gasteiger charge is 2.29. The van der Waals surface area contributed by atoms with Crippen molar-refractivity contribution in [3.63, 3.8) is 0 Å². The lowest BCUT2D eigenvalue weighted by Crippen LogP contribution is -2.51. The van der Waals surface area contributed by atoms with Crippen molar-refractivity contribution in [3.05, 3.63) is 36.0 Å². The van der Waals surface area contributed by atoms with Gasteiger partial charge in [0.2, 0.25) is 5.91 Å². The molecule has 0 unspecified atom stereocenters. The summed E-state index contributed by atoms with van der Waals surface area (Å²) >= 11 is 0. The average Bonchev–Trinajstić information content (AvgIpc) is 2.75. The van der Waals surface area contributed by atoms with Crippen LogP contribution in [0.1, 0.15) is 18.5 Å². The lowest BCUT2D eigenvalue weighted by atomic mass is 10.1. The second-order valence-corrected chi connectivity index (χ2v) is 7.45. The van der Waals surface area contributed by atoms with Gasteiger partial charge in [0.25, 0.3) is 5.91 Å². The zero-order valence-corrected chi connectivity index (χ0v) is 17.1. The van der Waals surface area contributed by atoms with E-state index in [9.17, 15) is 14.7 Å². The highest BCUT2D eigenvalue weighted by molar-refractivity contribution is 6.39. The molecule has 0 saturated carbocycles. The molecule has 0 bridgehead atoms. The third-order valence-corrected chi connectivity index (χ3v) is 5.33. The number of para-hydroxylation sites is 1. The molecule has 2 aliphatic rings. The molecule has 156 valence electrons. The van der Waals surface area contributed by atoms with E-state index in [1.165, 1.54) is 5.01 Å². The molecule has 2 aromatic rings. The molecule has 3 heterocycles. The van der Waals surface area contributed by atoms with Gasteiger partial charge in [-0.2, -0.15) is 5.10 Å². The Hall–Kier alpha value is -3.49. The lowest BCUT2D eigenvalue weighted by Gasteiger charge is -2.36. The second-order valence-electron chi connectivity index (χ2n) is 7.45. The number of aromatic nitrogens is 2. The minimum Gasteiger partial charge on any atom is -0.507 e. The van der Waals surface area contributed by atoms with Gasteiger partial charge in [0, 0.05) is 57.8 Å². The smallest absolute Gasteiger partial charge is 0.270 e. The maximum atomic E-state index is 12.8. The molecule has 1 aromatic carbocycles. The topological polar surface area (TPSA) is 102 Å². The predicted octanol–water partition coefficient (Wildman–Crippen LogP) is 1.41. The van der Waals surface area contributed by atoms with Crippen LogP contribution in [-0.2, 0) is 9.59 Å². The molecule has 9 heteroatoms. The summed E-state index contributed by atoms with van der Waals surface area (Å²) in [6, 6.07) is 8.91. The molecule has 9 nitrogen and oxygen atoms in total. The van der Waals surface area contributed by atoms with E-state index >= 15 is 0 Å². The van der Waals surface area contributed by atoms with Crippen molar-refractivity contribution in [1.82, 2.24) is 19.9 Å². The summed E-state index contributed by atoms with van der Waals surface area (Å²) in [4.78, 5) is 37.3. The van der Waals surface area contributed by atoms with Crippen LogP contribution in [0.3, 0.4) is 0 Å². The van der Waals surface area contributed by atoms with E-state index in [1.54, 1.807) is 30.1 Å². The van der Waals surface area contributed by atoms with Crippen molar-refractivity contribution >= 4 is 23.3 Å². The largest absolute Gasteiger partial charge is 0.507 e. The second kappa shape index (κ2) is 8.10. The number of carbonyl (C=O) groups excluding carboxylic acids is 2. The first kappa shape index (κ1) is 19.8. The van der Waals surface area contributed by atoms with Gasteiger partial charge in [0.1, 0.15) is 17.3 Å². The zero-order valence-electron chi connectivity index (χ0n) is 17.1. The van der Waals surface area contributed by atoms with Crippen LogP contribution in [0.15, 0.2) is 35.4 Å². The molecule has 1 fully saturated rings. The number of hydrogen-bond donors (Lipinski definition) is 1. The molecule has 0 aliphatic carbocycles. The van der Waals surface area contributed by atoms with Crippen LogP contribution in [0.4, 0.5) is 5.82 Å². The van der Waals surface area contributed by atoms with Gasteiger partial charge >= 0.3 is 0 Å². The number of piperazine rings is 1. The fraction of sp³-hybridized carbons (Fsp3) is 0.381. The molecule has 0 radical (unpaired) electrons. The molecule has 2 aliphatic heterocycles. The molecular weight excluding hydrogens is 384 g/mol. The summed E-state index contributed by atoms with van der Waals surface area (Å²) in [5.41, 5.74) is 1.83. The average molecular weight is 408 g/mol. The Kier molecular flexibility index (Phi) is 5.35. The van der Waals surface area contributed by atoms with Crippen molar-refractivity contribution in [1.29, 1.82) is 0 Å². The normalized spacial score (nSPS) is 17.2. The van der Waals surface area contributed by atoms with Gasteiger partial charge < -0.3 is 14.9 Å². The van der Waals surface area contributed by atoms with E-state index in [0.717, 1.165) is 11.5 Å². The standard InChI is InChI=1S/C21H24N6O3/c1-14-13-18(23-20(22-14)15-5-3-4-6-17(15)28)26-9-11-27(12-10-26)21(30)16-7-8-19(29)25(2)24-16/h3-6,13,28H,7-12H2,1-2H3. The summed E-state index contributed by atoms with van der Waals surface area (Å²) in [6.07, 6.45) is 0.702. The maximum Gasteiger partial charge on any atom is 0.270 e. The third-order valence-electron chi connectivity index (χ3n) is 5.33. The first-order chi connectivity index (χ1) is 14.4. The molecule has 0 spiro atoms. The molecule has 1 saturated heterocycles. The quantitative estimate of drug-likeness (QED) is 0.824. The van der Waals surface area contributed by atoms with Crippen molar-refractivity contribution in [3.8, 4) is 17.1 Å². The number of benzene rings is 1. The summed E-state index contributed by atoms with van der Waals surface area (Å²) in [6.45, 7) is 4.25. The number of rotatable bonds is 3. The van der Waals surface area contributed by atoms with Gasteiger partial charge in [-0.1, -0.05) is 12.1 Å². The van der Waals surface area contributed by atoms with Crippen molar-refractivity contribution in [2.75, 3.05) is 38.1 Å². The minimum atomic E-state index is -0.109. The highest BCUT2D eigenvalue weighted by atomic mass is 16.3. The SMILES string of the molecule is Cc1cc(N2CCN(C(=O)C3=NN(C)C(=O)CC3)CC2)nc(-c2ccccc2O)n1. The van der Waals surface area contributed by atoms with Crippen LogP contribution in [0, 0.1) is 6.92 Å². The number of hydrogen-bond acceptors (Lipinski definition) is 7. The summed E-state index contributed by atoms with van der Waals surface area (Å²) in [7, 11) is 1.58. The first-order valence-corrected chi connectivity index (χ1v) is 9.94. The monoisotopic (exact) mass is 408 g/mol. The number of phenols is 1. The Morgan fingerprint density at radius 1 is 1.07 bits per heavy atom. The lowest BCUT2D eigenvalue weighted by molar-refractivity contribution is -0.130. The fourth-order valence-corrected chi connectivity index (χ4v) is 3.64. The number of amides is 2. The van der Waals surface area contributed by atoms with Gasteiger partial charge in [-0.05, 0) is 19.1 Å². The van der Waals surface area contributed by atoms with Gasteiger partial charge in [-0.25, -0.2) is 15.0 Å². The molecule has 4 rings (SSSR count). The molecular formula is C21H24N6O3. The van der Waals surface area contributed by atoms with E-state index in [1.807, 2.05) is 19.1 Å². The Bertz CT molecular complexity index is 1010. The Morgan fingerprint density at radius 3 is 2.50 bits per heavy atom. The van der Waals surface area contributed by atoms with Crippen molar-refractivity contribution in [2.45, 2.75) is 19.8 Å². The number of nitrogens with zero attached hydrogens (tertiary/aromatic N) is 6. The number of phenolic OH excluding ortho intramolecular Hbond substituents is 1. The van der Waals surface area contributed by atoms with E-state index in [-0.39, 0.29) is 17.6 Å². The number of aryl methyl sites for hydroxylation is 1. The third kappa shape index (κ3) is 3.96. The van der Waals surface area contributed by atoms with Crippen LogP contribution >= 0.6 is 0 Å². The summed E-state index contributed by atoms with van der Waals surface area (Å²) in [5.74, 6) is 1.21. The van der Waals surface area contributed by atoms with Crippen LogP contribution in [0.2, 0.25) is 0 Å². The highest BCUT2D eigenvalue weighted by Crippen LogP contribution is 2.28. The number of anilines is 1. The fourth-order valence-electron chi connectivity index (χ4n) is 3.64. The Balaban J connectivity index is 1.47. The molecule has 2 amide bonds.